The van der Waals surface area contributed by atoms with Crippen molar-refractivity contribution in [2.45, 2.75) is 50.7 Å². The molecule has 0 aliphatic heterocycles. The molecule has 45 heavy (non-hydrogen) atoms. The molecule has 0 aliphatic carbocycles. The number of carbonyl (C=O) groups is 2. The zero-order valence-electron chi connectivity index (χ0n) is 25.6. The third-order valence-electron chi connectivity index (χ3n) is 7.01. The van der Waals surface area contributed by atoms with Gasteiger partial charge in [-0.1, -0.05) is 84.4 Å². The average Bonchev–Trinajstić information content (AvgIpc) is 3.03. The van der Waals surface area contributed by atoms with Gasteiger partial charge in [0.25, 0.3) is 10.0 Å². The number of sulfonamides is 1. The Bertz CT molecular complexity index is 1670. The maximum Gasteiger partial charge on any atom is 0.264 e. The van der Waals surface area contributed by atoms with E-state index in [4.69, 9.17) is 16.3 Å². The first-order chi connectivity index (χ1) is 21.6. The summed E-state index contributed by atoms with van der Waals surface area (Å²) in [5.74, 6) is -0.583. The average molecular weight is 648 g/mol. The maximum atomic E-state index is 14.5. The number of hydrogen-bond acceptors (Lipinski definition) is 5. The van der Waals surface area contributed by atoms with Gasteiger partial charge in [0.15, 0.2) is 0 Å². The Balaban J connectivity index is 1.83. The fourth-order valence-corrected chi connectivity index (χ4v) is 6.45. The van der Waals surface area contributed by atoms with Crippen LogP contribution in [0.2, 0.25) is 5.02 Å². The van der Waals surface area contributed by atoms with Gasteiger partial charge in [0.2, 0.25) is 11.8 Å². The summed E-state index contributed by atoms with van der Waals surface area (Å²) in [6.07, 6.45) is 0.234. The number of para-hydroxylation sites is 2. The molecule has 0 heterocycles. The normalized spacial score (nSPS) is 11.9. The molecule has 4 aromatic carbocycles. The second kappa shape index (κ2) is 15.6. The van der Waals surface area contributed by atoms with Crippen LogP contribution in [0.15, 0.2) is 114 Å². The topological polar surface area (TPSA) is 96.0 Å². The van der Waals surface area contributed by atoms with Crippen LogP contribution in [0.4, 0.5) is 5.69 Å². The molecule has 0 aliphatic rings. The fourth-order valence-electron chi connectivity index (χ4n) is 4.90. The highest BCUT2D eigenvalue weighted by Gasteiger charge is 2.35. The number of nitrogens with one attached hydrogen (secondary N) is 1. The van der Waals surface area contributed by atoms with E-state index in [9.17, 15) is 18.0 Å². The molecule has 0 fully saturated rings. The number of nitrogens with zero attached hydrogens (tertiary/aromatic N) is 2. The molecule has 10 heteroatoms. The van der Waals surface area contributed by atoms with Crippen molar-refractivity contribution in [3.8, 4) is 5.75 Å². The third kappa shape index (κ3) is 8.86. The van der Waals surface area contributed by atoms with E-state index in [0.29, 0.717) is 10.8 Å². The summed E-state index contributed by atoms with van der Waals surface area (Å²) in [5, 5.41) is 3.33. The summed E-state index contributed by atoms with van der Waals surface area (Å²) in [4.78, 5) is 29.7. The highest BCUT2D eigenvalue weighted by Crippen LogP contribution is 2.33. The van der Waals surface area contributed by atoms with Gasteiger partial charge in [0.05, 0.1) is 17.2 Å². The Kier molecular flexibility index (Phi) is 11.6. The minimum Gasteiger partial charge on any atom is -0.492 e. The lowest BCUT2D eigenvalue weighted by atomic mass is 10.0. The SMILES string of the molecule is CCOc1ccccc1N(CC(=O)N(Cc1ccccc1)[C@@H](Cc1ccccc1)C(=O)NC(C)C)S(=O)(=O)c1ccc(Cl)cc1. The molecule has 0 bridgehead atoms. The lowest BCUT2D eigenvalue weighted by Crippen LogP contribution is -2.54. The Hall–Kier alpha value is -4.34. The molecule has 0 aromatic heterocycles. The summed E-state index contributed by atoms with van der Waals surface area (Å²) >= 11 is 6.07. The number of benzene rings is 4. The second-order valence-electron chi connectivity index (χ2n) is 10.7. The molecule has 0 spiro atoms. The molecule has 0 unspecified atom stereocenters. The van der Waals surface area contributed by atoms with Crippen LogP contribution in [0.25, 0.3) is 0 Å². The van der Waals surface area contributed by atoms with Crippen LogP contribution >= 0.6 is 11.6 Å². The minimum absolute atomic E-state index is 0.0426. The largest absolute Gasteiger partial charge is 0.492 e. The van der Waals surface area contributed by atoms with E-state index in [1.165, 1.54) is 29.2 Å². The van der Waals surface area contributed by atoms with Crippen LogP contribution in [0.3, 0.4) is 0 Å². The fraction of sp³-hybridized carbons (Fsp3) is 0.257. The molecule has 4 aromatic rings. The molecule has 4 rings (SSSR count). The van der Waals surface area contributed by atoms with Crippen molar-refractivity contribution in [3.05, 3.63) is 125 Å². The van der Waals surface area contributed by atoms with Crippen molar-refractivity contribution >= 4 is 39.1 Å². The lowest BCUT2D eigenvalue weighted by Gasteiger charge is -2.34. The number of hydrogen-bond donors (Lipinski definition) is 1. The molecule has 236 valence electrons. The maximum absolute atomic E-state index is 14.5. The van der Waals surface area contributed by atoms with E-state index in [2.05, 4.69) is 5.32 Å². The van der Waals surface area contributed by atoms with Gasteiger partial charge >= 0.3 is 0 Å². The van der Waals surface area contributed by atoms with Gasteiger partial charge < -0.3 is 15.0 Å². The standard InChI is InChI=1S/C35H38ClN3O5S/c1-4-44-33-18-12-11-17-31(33)39(45(42,43)30-21-19-29(36)20-22-30)25-34(40)38(24-28-15-9-6-10-16-28)32(35(41)37-26(2)3)23-27-13-7-5-8-14-27/h5-22,26,32H,4,23-25H2,1-3H3,(H,37,41)/t32-/m0/s1. The van der Waals surface area contributed by atoms with Gasteiger partial charge in [-0.15, -0.1) is 0 Å². The van der Waals surface area contributed by atoms with E-state index in [1.807, 2.05) is 74.5 Å². The zero-order valence-corrected chi connectivity index (χ0v) is 27.2. The zero-order chi connectivity index (χ0) is 32.4. The van der Waals surface area contributed by atoms with Crippen molar-refractivity contribution in [2.24, 2.45) is 0 Å². The van der Waals surface area contributed by atoms with E-state index in [-0.39, 0.29) is 42.1 Å². The first-order valence-electron chi connectivity index (χ1n) is 14.8. The van der Waals surface area contributed by atoms with E-state index in [1.54, 1.807) is 31.2 Å². The smallest absolute Gasteiger partial charge is 0.264 e. The molecule has 0 saturated heterocycles. The predicted octanol–water partition coefficient (Wildman–Crippen LogP) is 6.10. The lowest BCUT2D eigenvalue weighted by molar-refractivity contribution is -0.140. The van der Waals surface area contributed by atoms with Crippen molar-refractivity contribution in [1.29, 1.82) is 0 Å². The number of amides is 2. The Labute approximate surface area is 270 Å². The van der Waals surface area contributed by atoms with E-state index >= 15 is 0 Å². The minimum atomic E-state index is -4.29. The van der Waals surface area contributed by atoms with Crippen LogP contribution in [0, 0.1) is 0 Å². The van der Waals surface area contributed by atoms with E-state index < -0.39 is 28.5 Å². The molecule has 8 nitrogen and oxygen atoms in total. The highest BCUT2D eigenvalue weighted by molar-refractivity contribution is 7.92. The van der Waals surface area contributed by atoms with Crippen molar-refractivity contribution in [2.75, 3.05) is 17.5 Å². The highest BCUT2D eigenvalue weighted by atomic mass is 35.5. The monoisotopic (exact) mass is 647 g/mol. The molecule has 0 radical (unpaired) electrons. The molecular weight excluding hydrogens is 610 g/mol. The van der Waals surface area contributed by atoms with Gasteiger partial charge in [-0.25, -0.2) is 8.42 Å². The Morgan fingerprint density at radius 1 is 0.822 bits per heavy atom. The van der Waals surface area contributed by atoms with Crippen molar-refractivity contribution in [3.63, 3.8) is 0 Å². The number of ether oxygens (including phenoxy) is 1. The molecule has 2 amide bonds. The second-order valence-corrected chi connectivity index (χ2v) is 13.0. The Morgan fingerprint density at radius 2 is 1.40 bits per heavy atom. The van der Waals surface area contributed by atoms with Gasteiger partial charge in [0, 0.05) is 24.0 Å². The van der Waals surface area contributed by atoms with Gasteiger partial charge in [-0.3, -0.25) is 13.9 Å². The molecule has 0 saturated carbocycles. The summed E-state index contributed by atoms with van der Waals surface area (Å²) in [5.41, 5.74) is 1.86. The van der Waals surface area contributed by atoms with Crippen LogP contribution in [-0.4, -0.2) is 50.4 Å². The van der Waals surface area contributed by atoms with Crippen LogP contribution in [0.1, 0.15) is 31.9 Å². The first kappa shape index (κ1) is 33.6. The van der Waals surface area contributed by atoms with Gasteiger partial charge in [-0.05, 0) is 68.3 Å². The van der Waals surface area contributed by atoms with Gasteiger partial charge in [-0.2, -0.15) is 0 Å². The predicted molar refractivity (Wildman–Crippen MR) is 178 cm³/mol. The van der Waals surface area contributed by atoms with Crippen LogP contribution in [-0.2, 0) is 32.6 Å². The first-order valence-corrected chi connectivity index (χ1v) is 16.6. The molecule has 1 atom stereocenters. The summed E-state index contributed by atoms with van der Waals surface area (Å²) in [6.45, 7) is 5.29. The number of carbonyl (C=O) groups excluding carboxylic acids is 2. The van der Waals surface area contributed by atoms with Gasteiger partial charge in [0.1, 0.15) is 18.3 Å². The number of rotatable bonds is 14. The summed E-state index contributed by atoms with van der Waals surface area (Å²) < 4.78 is 35.3. The summed E-state index contributed by atoms with van der Waals surface area (Å²) in [6, 6.07) is 30.1. The summed E-state index contributed by atoms with van der Waals surface area (Å²) in [7, 11) is -4.29. The molecular formula is C35H38ClN3O5S. The third-order valence-corrected chi connectivity index (χ3v) is 9.04. The molecule has 1 N–H and O–H groups in total. The van der Waals surface area contributed by atoms with Crippen molar-refractivity contribution < 1.29 is 22.7 Å². The number of anilines is 1. The van der Waals surface area contributed by atoms with Crippen molar-refractivity contribution in [1.82, 2.24) is 10.2 Å². The van der Waals surface area contributed by atoms with E-state index in [0.717, 1.165) is 15.4 Å². The van der Waals surface area contributed by atoms with Crippen LogP contribution < -0.4 is 14.4 Å². The van der Waals surface area contributed by atoms with Crippen LogP contribution in [0.5, 0.6) is 5.75 Å². The number of halogens is 1. The Morgan fingerprint density at radius 3 is 2.00 bits per heavy atom. The quantitative estimate of drug-likeness (QED) is 0.179.